The average Bonchev–Trinajstić information content (AvgIpc) is 3.10. The number of aryl methyl sites for hydroxylation is 2. The summed E-state index contributed by atoms with van der Waals surface area (Å²) in [6.45, 7) is 9.48. The largest absolute Gasteiger partial charge is 0.444 e. The van der Waals surface area contributed by atoms with Gasteiger partial charge >= 0.3 is 0 Å². The van der Waals surface area contributed by atoms with Gasteiger partial charge in [-0.05, 0) is 13.8 Å². The maximum atomic E-state index is 5.54. The quantitative estimate of drug-likeness (QED) is 0.627. The van der Waals surface area contributed by atoms with E-state index in [-0.39, 0.29) is 0 Å². The summed E-state index contributed by atoms with van der Waals surface area (Å²) in [5, 5.41) is 9.81. The van der Waals surface area contributed by atoms with Crippen LogP contribution in [0, 0.1) is 13.8 Å². The van der Waals surface area contributed by atoms with Crippen LogP contribution in [0.1, 0.15) is 47.8 Å². The maximum Gasteiger partial charge on any atom is 0.214 e. The minimum atomic E-state index is 0.490. The summed E-state index contributed by atoms with van der Waals surface area (Å²) in [5.74, 6) is 2.75. The lowest BCUT2D eigenvalue weighted by Gasteiger charge is -2.09. The van der Waals surface area contributed by atoms with Gasteiger partial charge in [0.15, 0.2) is 5.96 Å². The number of aromatic nitrogens is 2. The standard InChI is InChI=1S/C16H25N5OS/c1-10(2)15-21-13(9-23-15)6-7-18-16(17-5)19-8-14-20-11(3)12(4)22-14/h9-10H,6-8H2,1-5H3,(H2,17,18,19). The predicted octanol–water partition coefficient (Wildman–Crippen LogP) is 2.78. The number of thiazole rings is 1. The number of hydrogen-bond acceptors (Lipinski definition) is 5. The molecule has 6 nitrogen and oxygen atoms in total. The van der Waals surface area contributed by atoms with Crippen LogP contribution in [0.25, 0.3) is 0 Å². The van der Waals surface area contributed by atoms with Crippen molar-refractivity contribution < 1.29 is 4.42 Å². The number of aliphatic imine (C=N–C) groups is 1. The van der Waals surface area contributed by atoms with Gasteiger partial charge in [0, 0.05) is 31.3 Å². The van der Waals surface area contributed by atoms with E-state index in [4.69, 9.17) is 4.42 Å². The van der Waals surface area contributed by atoms with Gasteiger partial charge in [-0.25, -0.2) is 9.97 Å². The van der Waals surface area contributed by atoms with Crippen molar-refractivity contribution in [2.45, 2.75) is 46.6 Å². The van der Waals surface area contributed by atoms with E-state index in [0.29, 0.717) is 18.4 Å². The summed E-state index contributed by atoms with van der Waals surface area (Å²) < 4.78 is 5.54. The van der Waals surface area contributed by atoms with Gasteiger partial charge in [-0.2, -0.15) is 0 Å². The van der Waals surface area contributed by atoms with Gasteiger partial charge in [0.25, 0.3) is 0 Å². The first-order chi connectivity index (χ1) is 11.0. The summed E-state index contributed by atoms with van der Waals surface area (Å²) in [6.07, 6.45) is 0.876. The first kappa shape index (κ1) is 17.5. The summed E-state index contributed by atoms with van der Waals surface area (Å²) in [6, 6.07) is 0. The molecule has 0 aromatic carbocycles. The van der Waals surface area contributed by atoms with E-state index >= 15 is 0 Å². The number of rotatable bonds is 6. The first-order valence-corrected chi connectivity index (χ1v) is 8.69. The molecule has 0 atom stereocenters. The topological polar surface area (TPSA) is 75.3 Å². The maximum absolute atomic E-state index is 5.54. The fourth-order valence-corrected chi connectivity index (χ4v) is 2.88. The molecule has 0 bridgehead atoms. The van der Waals surface area contributed by atoms with Crippen LogP contribution in [-0.2, 0) is 13.0 Å². The Balaban J connectivity index is 1.76. The van der Waals surface area contributed by atoms with Gasteiger partial charge in [-0.1, -0.05) is 13.8 Å². The third-order valence-corrected chi connectivity index (χ3v) is 4.63. The molecule has 0 amide bonds. The Morgan fingerprint density at radius 1 is 1.30 bits per heavy atom. The summed E-state index contributed by atoms with van der Waals surface area (Å²) in [4.78, 5) is 13.2. The molecule has 2 heterocycles. The van der Waals surface area contributed by atoms with Crippen molar-refractivity contribution in [3.05, 3.63) is 33.4 Å². The van der Waals surface area contributed by atoms with Crippen molar-refractivity contribution in [2.24, 2.45) is 4.99 Å². The molecule has 2 rings (SSSR count). The molecule has 0 fully saturated rings. The highest BCUT2D eigenvalue weighted by atomic mass is 32.1. The number of nitrogens with zero attached hydrogens (tertiary/aromatic N) is 3. The zero-order chi connectivity index (χ0) is 16.8. The van der Waals surface area contributed by atoms with Crippen LogP contribution in [0.5, 0.6) is 0 Å². The van der Waals surface area contributed by atoms with Gasteiger partial charge in [0.05, 0.1) is 22.9 Å². The molecule has 23 heavy (non-hydrogen) atoms. The Morgan fingerprint density at radius 3 is 2.65 bits per heavy atom. The number of hydrogen-bond donors (Lipinski definition) is 2. The molecular formula is C16H25N5OS. The Bertz CT molecular complexity index is 640. The molecule has 2 N–H and O–H groups in total. The Morgan fingerprint density at radius 2 is 2.09 bits per heavy atom. The molecule has 0 aliphatic rings. The first-order valence-electron chi connectivity index (χ1n) is 7.81. The van der Waals surface area contributed by atoms with E-state index < -0.39 is 0 Å². The molecule has 0 unspecified atom stereocenters. The number of guanidine groups is 1. The second-order valence-corrected chi connectivity index (χ2v) is 6.57. The van der Waals surface area contributed by atoms with E-state index in [1.807, 2.05) is 13.8 Å². The van der Waals surface area contributed by atoms with Crippen LogP contribution in [0.4, 0.5) is 0 Å². The van der Waals surface area contributed by atoms with Crippen LogP contribution in [0.15, 0.2) is 14.8 Å². The Labute approximate surface area is 141 Å². The lowest BCUT2D eigenvalue weighted by Crippen LogP contribution is -2.38. The third-order valence-electron chi connectivity index (χ3n) is 3.44. The van der Waals surface area contributed by atoms with Crippen LogP contribution in [-0.4, -0.2) is 29.5 Å². The smallest absolute Gasteiger partial charge is 0.214 e. The van der Waals surface area contributed by atoms with E-state index in [1.165, 1.54) is 5.01 Å². The molecule has 0 saturated heterocycles. The van der Waals surface area contributed by atoms with Gasteiger partial charge in [0.2, 0.25) is 5.89 Å². The van der Waals surface area contributed by atoms with E-state index in [1.54, 1.807) is 18.4 Å². The fourth-order valence-electron chi connectivity index (χ4n) is 2.01. The SMILES string of the molecule is CN=C(NCCc1csc(C(C)C)n1)NCc1nc(C)c(C)o1. The van der Waals surface area contributed by atoms with E-state index in [2.05, 4.69) is 44.8 Å². The zero-order valence-corrected chi connectivity index (χ0v) is 15.3. The molecular weight excluding hydrogens is 310 g/mol. The van der Waals surface area contributed by atoms with Crippen molar-refractivity contribution >= 4 is 17.3 Å². The Hall–Kier alpha value is -1.89. The normalized spacial score (nSPS) is 12.0. The molecule has 0 spiro atoms. The average molecular weight is 335 g/mol. The number of nitrogens with one attached hydrogen (secondary N) is 2. The van der Waals surface area contributed by atoms with Crippen molar-refractivity contribution in [3.8, 4) is 0 Å². The van der Waals surface area contributed by atoms with Gasteiger partial charge in [0.1, 0.15) is 5.76 Å². The van der Waals surface area contributed by atoms with Crippen molar-refractivity contribution in [1.82, 2.24) is 20.6 Å². The molecule has 126 valence electrons. The van der Waals surface area contributed by atoms with Crippen LogP contribution >= 0.6 is 11.3 Å². The van der Waals surface area contributed by atoms with Crippen molar-refractivity contribution in [3.63, 3.8) is 0 Å². The second-order valence-electron chi connectivity index (χ2n) is 5.68. The highest BCUT2D eigenvalue weighted by Gasteiger charge is 2.08. The van der Waals surface area contributed by atoms with Crippen LogP contribution < -0.4 is 10.6 Å². The molecule has 2 aromatic heterocycles. The van der Waals surface area contributed by atoms with E-state index in [9.17, 15) is 0 Å². The number of oxazole rings is 1. The lowest BCUT2D eigenvalue weighted by molar-refractivity contribution is 0.463. The molecule has 0 radical (unpaired) electrons. The van der Waals surface area contributed by atoms with Gasteiger partial charge in [-0.3, -0.25) is 4.99 Å². The molecule has 0 aliphatic carbocycles. The lowest BCUT2D eigenvalue weighted by atomic mass is 10.2. The third kappa shape index (κ3) is 5.06. The summed E-state index contributed by atoms with van der Waals surface area (Å²) in [5.41, 5.74) is 2.05. The highest BCUT2D eigenvalue weighted by molar-refractivity contribution is 7.09. The summed E-state index contributed by atoms with van der Waals surface area (Å²) in [7, 11) is 1.75. The fraction of sp³-hybridized carbons (Fsp3) is 0.562. The minimum Gasteiger partial charge on any atom is -0.444 e. The molecule has 7 heteroatoms. The summed E-state index contributed by atoms with van der Waals surface area (Å²) >= 11 is 1.73. The van der Waals surface area contributed by atoms with Crippen LogP contribution in [0.3, 0.4) is 0 Å². The molecule has 2 aromatic rings. The molecule has 0 aliphatic heterocycles. The zero-order valence-electron chi connectivity index (χ0n) is 14.4. The monoisotopic (exact) mass is 335 g/mol. The van der Waals surface area contributed by atoms with E-state index in [0.717, 1.165) is 36.1 Å². The minimum absolute atomic E-state index is 0.490. The predicted molar refractivity (Wildman–Crippen MR) is 94.1 cm³/mol. The Kier molecular flexibility index (Phi) is 6.15. The van der Waals surface area contributed by atoms with Crippen molar-refractivity contribution in [1.29, 1.82) is 0 Å². The second kappa shape index (κ2) is 8.10. The van der Waals surface area contributed by atoms with Gasteiger partial charge < -0.3 is 15.1 Å². The molecule has 0 saturated carbocycles. The van der Waals surface area contributed by atoms with Crippen LogP contribution in [0.2, 0.25) is 0 Å². The van der Waals surface area contributed by atoms with Gasteiger partial charge in [-0.15, -0.1) is 11.3 Å². The van der Waals surface area contributed by atoms with Crippen molar-refractivity contribution in [2.75, 3.05) is 13.6 Å². The highest BCUT2D eigenvalue weighted by Crippen LogP contribution is 2.19.